The molecule has 10 nitrogen and oxygen atoms in total. The Labute approximate surface area is 231 Å². The summed E-state index contributed by atoms with van der Waals surface area (Å²) in [6.45, 7) is 13.0. The van der Waals surface area contributed by atoms with Crippen LogP contribution in [0, 0.1) is 11.8 Å². The number of nitrogens with one attached hydrogen (secondary N) is 2. The number of piperidine rings is 1. The molecule has 3 rings (SSSR count). The molecule has 2 fully saturated rings. The summed E-state index contributed by atoms with van der Waals surface area (Å²) in [5, 5.41) is 5.81. The molecule has 216 valence electrons. The number of ether oxygens (including phenoxy) is 2. The molecule has 2 N–H and O–H groups in total. The molecule has 2 unspecified atom stereocenters. The highest BCUT2D eigenvalue weighted by molar-refractivity contribution is 5.97. The summed E-state index contributed by atoms with van der Waals surface area (Å²) in [5.41, 5.74) is 0.000291. The van der Waals surface area contributed by atoms with Gasteiger partial charge in [0.15, 0.2) is 0 Å². The molecule has 4 amide bonds. The normalized spacial score (nSPS) is 19.0. The van der Waals surface area contributed by atoms with Gasteiger partial charge in [0.05, 0.1) is 6.61 Å². The summed E-state index contributed by atoms with van der Waals surface area (Å²) in [4.78, 5) is 55.3. The van der Waals surface area contributed by atoms with E-state index in [9.17, 15) is 19.2 Å². The molecule has 0 aromatic heterocycles. The molecule has 2 aliphatic rings. The smallest absolute Gasteiger partial charge is 0.410 e. The summed E-state index contributed by atoms with van der Waals surface area (Å²) in [7, 11) is 0. The van der Waals surface area contributed by atoms with E-state index in [1.807, 2.05) is 20.8 Å². The van der Waals surface area contributed by atoms with Crippen LogP contribution in [0.1, 0.15) is 67.2 Å². The minimum atomic E-state index is -0.690. The zero-order valence-corrected chi connectivity index (χ0v) is 24.1. The Kier molecular flexibility index (Phi) is 10.2. The molecular formula is C29H44N4O6. The van der Waals surface area contributed by atoms with Crippen molar-refractivity contribution >= 4 is 29.5 Å². The zero-order chi connectivity index (χ0) is 28.7. The van der Waals surface area contributed by atoms with Crippen molar-refractivity contribution in [2.24, 2.45) is 11.8 Å². The van der Waals surface area contributed by atoms with Crippen molar-refractivity contribution in [2.45, 2.75) is 84.9 Å². The van der Waals surface area contributed by atoms with Gasteiger partial charge in [-0.15, -0.1) is 0 Å². The van der Waals surface area contributed by atoms with Crippen LogP contribution in [0.4, 0.5) is 10.5 Å². The number of likely N-dealkylation sites (tertiary alicyclic amines) is 2. The molecule has 0 bridgehead atoms. The van der Waals surface area contributed by atoms with Crippen molar-refractivity contribution < 1.29 is 28.7 Å². The number of hydrogen-bond acceptors (Lipinski definition) is 6. The maximum Gasteiger partial charge on any atom is 0.410 e. The van der Waals surface area contributed by atoms with Crippen LogP contribution >= 0.6 is 0 Å². The molecule has 10 heteroatoms. The van der Waals surface area contributed by atoms with Crippen LogP contribution in [0.2, 0.25) is 0 Å². The van der Waals surface area contributed by atoms with Crippen molar-refractivity contribution in [1.29, 1.82) is 0 Å². The second-order valence-corrected chi connectivity index (χ2v) is 11.6. The Morgan fingerprint density at radius 3 is 2.21 bits per heavy atom. The number of rotatable bonds is 8. The second kappa shape index (κ2) is 13.2. The van der Waals surface area contributed by atoms with Crippen LogP contribution in [-0.4, -0.2) is 77.5 Å². The van der Waals surface area contributed by atoms with Crippen LogP contribution in [0.25, 0.3) is 0 Å². The van der Waals surface area contributed by atoms with E-state index in [2.05, 4.69) is 10.6 Å². The molecule has 2 aliphatic heterocycles. The Balaban J connectivity index is 1.52. The highest BCUT2D eigenvalue weighted by Crippen LogP contribution is 2.26. The van der Waals surface area contributed by atoms with Gasteiger partial charge in [-0.3, -0.25) is 19.3 Å². The first-order chi connectivity index (χ1) is 18.4. The predicted octanol–water partition coefficient (Wildman–Crippen LogP) is 3.80. The fraction of sp³-hybridized carbons (Fsp3) is 0.655. The third-order valence-electron chi connectivity index (χ3n) is 7.02. The molecule has 2 saturated heterocycles. The molecule has 2 heterocycles. The lowest BCUT2D eigenvalue weighted by atomic mass is 9.94. The SMILES string of the molecule is CCOc1ccc(NC(=O)C(NC(=O)C2CCN(C(=O)C3CCCN3C(=O)OC(C)(C)C)CC2)C(C)C)cc1. The summed E-state index contributed by atoms with van der Waals surface area (Å²) in [5.74, 6) is -0.234. The first-order valence-electron chi connectivity index (χ1n) is 14.0. The molecule has 0 radical (unpaired) electrons. The summed E-state index contributed by atoms with van der Waals surface area (Å²) in [6, 6.07) is 5.89. The summed E-state index contributed by atoms with van der Waals surface area (Å²) >= 11 is 0. The lowest BCUT2D eigenvalue weighted by Gasteiger charge is -2.36. The minimum absolute atomic E-state index is 0.0907. The number of hydrogen-bond donors (Lipinski definition) is 2. The minimum Gasteiger partial charge on any atom is -0.494 e. The van der Waals surface area contributed by atoms with Crippen LogP contribution in [0.3, 0.4) is 0 Å². The number of carbonyl (C=O) groups excluding carboxylic acids is 4. The highest BCUT2D eigenvalue weighted by Gasteiger charge is 2.40. The van der Waals surface area contributed by atoms with Gasteiger partial charge in [0.1, 0.15) is 23.4 Å². The van der Waals surface area contributed by atoms with Crippen molar-refractivity contribution in [3.05, 3.63) is 24.3 Å². The van der Waals surface area contributed by atoms with Gasteiger partial charge in [0, 0.05) is 31.2 Å². The van der Waals surface area contributed by atoms with E-state index in [-0.39, 0.29) is 29.6 Å². The summed E-state index contributed by atoms with van der Waals surface area (Å²) < 4.78 is 10.9. The number of amides is 4. The van der Waals surface area contributed by atoms with Crippen LogP contribution in [0.5, 0.6) is 5.75 Å². The van der Waals surface area contributed by atoms with Gasteiger partial charge in [-0.05, 0) is 83.6 Å². The van der Waals surface area contributed by atoms with Gasteiger partial charge in [-0.2, -0.15) is 0 Å². The molecule has 0 spiro atoms. The Hall–Kier alpha value is -3.30. The van der Waals surface area contributed by atoms with E-state index < -0.39 is 23.8 Å². The fourth-order valence-corrected chi connectivity index (χ4v) is 4.96. The van der Waals surface area contributed by atoms with Crippen LogP contribution < -0.4 is 15.4 Å². The lowest BCUT2D eigenvalue weighted by molar-refractivity contribution is -0.139. The molecule has 0 aliphatic carbocycles. The zero-order valence-electron chi connectivity index (χ0n) is 24.1. The van der Waals surface area contributed by atoms with Gasteiger partial charge in [-0.1, -0.05) is 13.8 Å². The average molecular weight is 545 g/mol. The first-order valence-corrected chi connectivity index (χ1v) is 14.0. The molecule has 2 atom stereocenters. The largest absolute Gasteiger partial charge is 0.494 e. The predicted molar refractivity (Wildman–Crippen MR) is 148 cm³/mol. The maximum absolute atomic E-state index is 13.3. The Morgan fingerprint density at radius 2 is 1.64 bits per heavy atom. The van der Waals surface area contributed by atoms with E-state index >= 15 is 0 Å². The van der Waals surface area contributed by atoms with Gasteiger partial charge in [-0.25, -0.2) is 4.79 Å². The topological polar surface area (TPSA) is 117 Å². The first kappa shape index (κ1) is 30.2. The maximum atomic E-state index is 13.3. The Bertz CT molecular complexity index is 1010. The molecule has 1 aromatic carbocycles. The fourth-order valence-electron chi connectivity index (χ4n) is 4.96. The van der Waals surface area contributed by atoms with E-state index in [0.717, 1.165) is 12.2 Å². The number of benzene rings is 1. The molecular weight excluding hydrogens is 500 g/mol. The third kappa shape index (κ3) is 8.34. The van der Waals surface area contributed by atoms with Gasteiger partial charge >= 0.3 is 6.09 Å². The number of carbonyl (C=O) groups is 4. The third-order valence-corrected chi connectivity index (χ3v) is 7.02. The highest BCUT2D eigenvalue weighted by atomic mass is 16.6. The van der Waals surface area contributed by atoms with Crippen molar-refractivity contribution in [2.75, 3.05) is 31.6 Å². The van der Waals surface area contributed by atoms with E-state index in [1.165, 1.54) is 4.90 Å². The molecule has 39 heavy (non-hydrogen) atoms. The quantitative estimate of drug-likeness (QED) is 0.514. The van der Waals surface area contributed by atoms with Crippen molar-refractivity contribution in [3.8, 4) is 5.75 Å². The number of anilines is 1. The van der Waals surface area contributed by atoms with Gasteiger partial charge in [0.2, 0.25) is 17.7 Å². The molecule has 1 aromatic rings. The molecule has 0 saturated carbocycles. The Morgan fingerprint density at radius 1 is 1.00 bits per heavy atom. The van der Waals surface area contributed by atoms with Crippen molar-refractivity contribution in [3.63, 3.8) is 0 Å². The second-order valence-electron chi connectivity index (χ2n) is 11.6. The van der Waals surface area contributed by atoms with E-state index in [4.69, 9.17) is 9.47 Å². The van der Waals surface area contributed by atoms with E-state index in [0.29, 0.717) is 51.2 Å². The van der Waals surface area contributed by atoms with Crippen LogP contribution in [0.15, 0.2) is 24.3 Å². The van der Waals surface area contributed by atoms with E-state index in [1.54, 1.807) is 49.9 Å². The summed E-state index contributed by atoms with van der Waals surface area (Å²) in [6.07, 6.45) is 1.90. The standard InChI is InChI=1S/C29H44N4O6/c1-7-38-22-12-10-21(11-13-22)30-26(35)24(19(2)3)31-25(34)20-14-17-32(18-15-20)27(36)23-9-8-16-33(23)28(37)39-29(4,5)6/h10-13,19-20,23-24H,7-9,14-18H2,1-6H3,(H,30,35)(H,31,34). The monoisotopic (exact) mass is 544 g/mol. The van der Waals surface area contributed by atoms with Gasteiger partial charge < -0.3 is 25.0 Å². The lowest BCUT2D eigenvalue weighted by Crippen LogP contribution is -2.53. The van der Waals surface area contributed by atoms with Gasteiger partial charge in [0.25, 0.3) is 0 Å². The van der Waals surface area contributed by atoms with Crippen molar-refractivity contribution in [1.82, 2.24) is 15.1 Å². The van der Waals surface area contributed by atoms with Crippen LogP contribution in [-0.2, 0) is 19.1 Å². The number of nitrogens with zero attached hydrogens (tertiary/aromatic N) is 2. The average Bonchev–Trinajstić information content (AvgIpc) is 3.37.